The molecule has 108 heavy (non-hydrogen) atoms. The molecule has 22 heteroatoms. The Hall–Kier alpha value is -4.25. The van der Waals surface area contributed by atoms with Crippen molar-refractivity contribution in [1.29, 1.82) is 0 Å². The van der Waals surface area contributed by atoms with E-state index in [4.69, 9.17) is 22.8 Å². The average molecular weight is 1670 g/mol. The Kier molecular flexibility index (Phi) is 21.8. The third kappa shape index (κ3) is 15.0. The summed E-state index contributed by atoms with van der Waals surface area (Å²) in [5.41, 5.74) is 9.94. The number of benzene rings is 3. The van der Waals surface area contributed by atoms with E-state index in [-0.39, 0.29) is 75.1 Å². The van der Waals surface area contributed by atoms with Crippen molar-refractivity contribution in [2.24, 2.45) is 34.0 Å². The van der Waals surface area contributed by atoms with Crippen LogP contribution in [0.2, 0.25) is 54.4 Å². The molecule has 0 amide bonds. The number of epoxide rings is 1. The van der Waals surface area contributed by atoms with Gasteiger partial charge in [-0.2, -0.15) is 0 Å². The molecule has 9 aliphatic carbocycles. The van der Waals surface area contributed by atoms with Gasteiger partial charge in [-0.15, -0.1) is 0 Å². The molecule has 0 unspecified atom stereocenters. The van der Waals surface area contributed by atoms with Gasteiger partial charge in [-0.3, -0.25) is 4.79 Å². The molecule has 2 saturated heterocycles. The molecule has 6 saturated carbocycles. The second-order valence-corrected chi connectivity index (χ2v) is 56.7. The molecule has 3 aromatic carbocycles. The van der Waals surface area contributed by atoms with Crippen LogP contribution in [0.25, 0.3) is 6.08 Å². The molecular weight excluding hydrogens is 1550 g/mol. The fourth-order valence-corrected chi connectivity index (χ4v) is 27.5. The number of phenols is 1. The summed E-state index contributed by atoms with van der Waals surface area (Å²) in [6.45, 7) is 45.0. The van der Waals surface area contributed by atoms with Crippen LogP contribution in [0.1, 0.15) is 214 Å². The van der Waals surface area contributed by atoms with Gasteiger partial charge < -0.3 is 33.0 Å². The number of ketones is 1. The van der Waals surface area contributed by atoms with E-state index in [0.717, 1.165) is 106 Å². The van der Waals surface area contributed by atoms with Crippen molar-refractivity contribution in [1.82, 2.24) is 0 Å². The minimum atomic E-state index is -5.41. The third-order valence-electron chi connectivity index (χ3n) is 29.7. The van der Waals surface area contributed by atoms with Crippen LogP contribution in [0.4, 0.5) is 26.3 Å². The van der Waals surface area contributed by atoms with E-state index in [1.54, 1.807) is 29.3 Å². The Balaban J connectivity index is 0.000000136. The van der Waals surface area contributed by atoms with Gasteiger partial charge in [-0.1, -0.05) is 125 Å². The first kappa shape index (κ1) is 83.2. The first-order valence-corrected chi connectivity index (χ1v) is 51.1. The third-order valence-corrected chi connectivity index (χ3v) is 46.5. The molecule has 596 valence electrons. The van der Waals surface area contributed by atoms with E-state index in [1.807, 2.05) is 18.2 Å². The number of rotatable bonds is 9. The van der Waals surface area contributed by atoms with E-state index < -0.39 is 75.5 Å². The maximum atomic E-state index is 12.1. The summed E-state index contributed by atoms with van der Waals surface area (Å²) < 4.78 is 115. The van der Waals surface area contributed by atoms with Gasteiger partial charge in [0.25, 0.3) is 0 Å². The molecule has 3 heterocycles. The molecule has 14 atom stereocenters. The summed E-state index contributed by atoms with van der Waals surface area (Å²) in [5.74, 6) is -3.62. The minimum absolute atomic E-state index is 0.0280. The number of aliphatic hydroxyl groups is 1. The van der Waals surface area contributed by atoms with E-state index in [9.17, 15) is 50.9 Å². The fourth-order valence-electron chi connectivity index (χ4n) is 20.4. The molecule has 3 aromatic rings. The molecule has 3 aliphatic heterocycles. The van der Waals surface area contributed by atoms with Crippen molar-refractivity contribution >= 4 is 69.4 Å². The molecule has 0 aromatic heterocycles. The normalized spacial score (nSPS) is 34.4. The zero-order chi connectivity index (χ0) is 79.2. The van der Waals surface area contributed by atoms with E-state index >= 15 is 0 Å². The Bertz CT molecular complexity index is 4070. The van der Waals surface area contributed by atoms with Gasteiger partial charge in [-0.05, 0) is 280 Å². The predicted octanol–water partition coefficient (Wildman–Crippen LogP) is 21.9. The van der Waals surface area contributed by atoms with E-state index in [2.05, 4.69) is 166 Å². The number of carbonyl (C=O) groups is 3. The van der Waals surface area contributed by atoms with Crippen LogP contribution in [0.15, 0.2) is 108 Å². The number of allylic oxidation sites excluding steroid dienone is 2. The molecule has 0 radical (unpaired) electrons. The average Bonchev–Trinajstić information content (AvgIpc) is 1.49. The van der Waals surface area contributed by atoms with Gasteiger partial charge in [0.15, 0.2) is 30.7 Å². The van der Waals surface area contributed by atoms with Crippen LogP contribution in [-0.4, -0.2) is 112 Å². The number of alkyl halides is 6. The molecule has 8 fully saturated rings. The summed E-state index contributed by atoms with van der Waals surface area (Å²) in [4.78, 5) is 33.4. The number of aryl methyl sites for hydroxylation is 3. The van der Waals surface area contributed by atoms with Crippen LogP contribution in [0.3, 0.4) is 0 Å². The summed E-state index contributed by atoms with van der Waals surface area (Å²) in [6, 6.07) is 18.9. The standard InChI is InChI=1S/C26H40O2Si.C25H36O3Si.C25H38O3Si.C10H5F6IO4/c1-18-8-9-19-12-13-26-21-10-11-22(27-29(6,7)23(2,3)4)24(21,5)14-15-25(26,28-26)17-20(19)16-18;1-22(2,3)29(5,6)27-21-8-7-20-23(21,4)11-9-17-15-18-16-19(26)10-12-24(18)13-14-25(17,20)28-24;1-23(2,3)29(5,6)28-22-10-9-21-24(22,4)13-12-19-15-18-16-20(26)8-7-17(18)11-14-25(19,21)27;11-9(12,13)7(18)20-17(6-4-2-1-3-5-6)21-8(19)10(14,15)16/h8-9,16,21-22H,10-15,17H2,1-7H3;10,12,15-16,20-21H,7-9,11,13-14H2,1-6H3;7-8,15-16,21-22,26-27H,9-14H2,1-6H3;1-5H/t21-,22+,24+,25+,26+;20-,21+,23+,24+,25-;21-,22+,24+,25-;/m111./s1. The SMILES string of the molecule is CC(C)(C)[Si](C)(C)O[C@H]1CC[C@@H]2[C@]1(C)CCC1=CC3=CC(=O)C=C[C@]34CC[C@@]12O4.CC(C)(C)[Si](C)(C)O[C@H]1CC[C@@H]2[C@]1(C)CCC1=Cc3cc(O)ccc3CC[C@@]12O.Cc1ccc2c(c1)C[C@@]13CC[C@]4(C)[C@@H](O[Si](C)(C)C(C)(C)C)CC[C@H]4[C@]1(CC2)O3.O=C(OI(OC(=O)C(F)(F)F)c1ccccc1)C(F)(F)F. The number of ether oxygens (including phenoxy) is 2. The van der Waals surface area contributed by atoms with Gasteiger partial charge >= 0.3 is 121 Å². The first-order valence-electron chi connectivity index (χ1n) is 39.5. The molecule has 12 aliphatic rings. The molecule has 2 bridgehead atoms. The van der Waals surface area contributed by atoms with Crippen LogP contribution >= 0.6 is 20.6 Å². The van der Waals surface area contributed by atoms with Crippen molar-refractivity contribution in [3.8, 4) is 5.75 Å². The van der Waals surface area contributed by atoms with Crippen molar-refractivity contribution in [2.45, 2.75) is 325 Å². The first-order chi connectivity index (χ1) is 49.7. The fraction of sp³-hybridized carbons (Fsp3) is 0.663. The zero-order valence-electron chi connectivity index (χ0n) is 67.3. The quantitative estimate of drug-likeness (QED) is 0.0905. The molecular formula is C86H119F6IO12Si3. The number of aromatic hydroxyl groups is 1. The van der Waals surface area contributed by atoms with Crippen molar-refractivity contribution in [3.63, 3.8) is 0 Å². The number of phenolic OH excluding ortho intramolecular Hbond substituents is 1. The molecule has 12 nitrogen and oxygen atoms in total. The van der Waals surface area contributed by atoms with Crippen molar-refractivity contribution < 1.29 is 79.8 Å². The molecule has 15 rings (SSSR count). The van der Waals surface area contributed by atoms with Crippen LogP contribution in [0.5, 0.6) is 5.75 Å². The van der Waals surface area contributed by atoms with Gasteiger partial charge in [0.05, 0.1) is 29.5 Å². The topological polar surface area (TPSA) is 160 Å². The molecule has 2 spiro atoms. The number of hydrogen-bond donors (Lipinski definition) is 2. The van der Waals surface area contributed by atoms with E-state index in [1.165, 1.54) is 79.8 Å². The number of halogens is 7. The van der Waals surface area contributed by atoms with Crippen molar-refractivity contribution in [3.05, 3.63) is 139 Å². The second-order valence-electron chi connectivity index (χ2n) is 39.0. The summed E-state index contributed by atoms with van der Waals surface area (Å²) in [7, 11) is -5.42. The predicted molar refractivity (Wildman–Crippen MR) is 425 cm³/mol. The number of carbonyl (C=O) groups excluding carboxylic acids is 3. The Labute approximate surface area is 649 Å². The summed E-state index contributed by atoms with van der Waals surface area (Å²) >= 11 is -4.25. The van der Waals surface area contributed by atoms with Crippen LogP contribution < -0.4 is 0 Å². The Morgan fingerprint density at radius 2 is 1.05 bits per heavy atom. The van der Waals surface area contributed by atoms with Gasteiger partial charge in [0, 0.05) is 6.42 Å². The van der Waals surface area contributed by atoms with Crippen molar-refractivity contribution in [2.75, 3.05) is 0 Å². The number of fused-ring (bicyclic) bond motifs is 7. The van der Waals surface area contributed by atoms with Gasteiger partial charge in [0.2, 0.25) is 0 Å². The van der Waals surface area contributed by atoms with Crippen LogP contribution in [-0.2, 0) is 62.5 Å². The van der Waals surface area contributed by atoms with Crippen LogP contribution in [0, 0.1) is 44.5 Å². The summed E-state index contributed by atoms with van der Waals surface area (Å²) in [5, 5.41) is 22.7. The maximum absolute atomic E-state index is 12.1. The zero-order valence-corrected chi connectivity index (χ0v) is 72.4. The van der Waals surface area contributed by atoms with E-state index in [0.29, 0.717) is 29.8 Å². The second kappa shape index (κ2) is 28.3. The van der Waals surface area contributed by atoms with Gasteiger partial charge in [0.1, 0.15) is 22.6 Å². The molecule has 2 N–H and O–H groups in total. The monoisotopic (exact) mass is 1670 g/mol. The Morgan fingerprint density at radius 1 is 0.537 bits per heavy atom. The summed E-state index contributed by atoms with van der Waals surface area (Å²) in [6.07, 6.45) is 21.0. The number of hydrogen-bond acceptors (Lipinski definition) is 12. The van der Waals surface area contributed by atoms with Gasteiger partial charge in [-0.25, -0.2) is 0 Å². The Morgan fingerprint density at radius 3 is 1.60 bits per heavy atom.